The highest BCUT2D eigenvalue weighted by Crippen LogP contribution is 2.25. The Hall–Kier alpha value is -0.950. The van der Waals surface area contributed by atoms with Crippen LogP contribution in [0.1, 0.15) is 39.3 Å². The molecule has 0 saturated carbocycles. The number of piperazine rings is 1. The zero-order valence-electron chi connectivity index (χ0n) is 15.7. The fourth-order valence-electron chi connectivity index (χ4n) is 2.93. The van der Waals surface area contributed by atoms with Crippen molar-refractivity contribution in [3.8, 4) is 0 Å². The van der Waals surface area contributed by atoms with E-state index in [4.69, 9.17) is 5.73 Å². The molecule has 26 heavy (non-hydrogen) atoms. The first kappa shape index (κ1) is 25.1. The molecule has 1 amide bonds. The van der Waals surface area contributed by atoms with Crippen LogP contribution >= 0.6 is 24.8 Å². The molecule has 0 spiro atoms. The highest BCUT2D eigenvalue weighted by atomic mass is 35.5. The lowest BCUT2D eigenvalue weighted by molar-refractivity contribution is -0.137. The van der Waals surface area contributed by atoms with Gasteiger partial charge in [0.1, 0.15) is 11.6 Å². The summed E-state index contributed by atoms with van der Waals surface area (Å²) in [5, 5.41) is 0. The minimum Gasteiger partial charge on any atom is -0.339 e. The van der Waals surface area contributed by atoms with E-state index in [0.29, 0.717) is 31.7 Å². The van der Waals surface area contributed by atoms with Crippen LogP contribution in [-0.4, -0.2) is 47.9 Å². The Morgan fingerprint density at radius 1 is 1.12 bits per heavy atom. The molecule has 0 aliphatic carbocycles. The first-order chi connectivity index (χ1) is 11.1. The van der Waals surface area contributed by atoms with Crippen molar-refractivity contribution in [2.24, 2.45) is 11.1 Å². The number of amides is 1. The lowest BCUT2D eigenvalue weighted by Gasteiger charge is -2.40. The Morgan fingerprint density at radius 2 is 1.65 bits per heavy atom. The zero-order chi connectivity index (χ0) is 18.1. The smallest absolute Gasteiger partial charge is 0.240 e. The molecule has 1 aliphatic rings. The Labute approximate surface area is 166 Å². The number of halogens is 4. The Morgan fingerprint density at radius 3 is 2.12 bits per heavy atom. The molecule has 4 nitrogen and oxygen atoms in total. The molecule has 2 rings (SSSR count). The highest BCUT2D eigenvalue weighted by Gasteiger charge is 2.33. The fourth-order valence-corrected chi connectivity index (χ4v) is 2.93. The predicted octanol–water partition coefficient (Wildman–Crippen LogP) is 3.39. The molecule has 1 unspecified atom stereocenters. The van der Waals surface area contributed by atoms with Gasteiger partial charge in [0.15, 0.2) is 0 Å². The molecule has 150 valence electrons. The number of carbonyl (C=O) groups excluding carboxylic acids is 1. The van der Waals surface area contributed by atoms with Gasteiger partial charge in [0, 0.05) is 43.9 Å². The van der Waals surface area contributed by atoms with Crippen LogP contribution < -0.4 is 5.73 Å². The van der Waals surface area contributed by atoms with Crippen LogP contribution in [0.25, 0.3) is 0 Å². The number of carbonyl (C=O) groups is 1. The number of hydrogen-bond acceptors (Lipinski definition) is 3. The van der Waals surface area contributed by atoms with Crippen LogP contribution in [0, 0.1) is 17.0 Å². The molecular formula is C18H29Cl2F2N3O. The number of nitrogens with two attached hydrogens (primary N) is 1. The van der Waals surface area contributed by atoms with Gasteiger partial charge in [-0.15, -0.1) is 24.8 Å². The summed E-state index contributed by atoms with van der Waals surface area (Å²) in [5.41, 5.74) is 6.25. The molecule has 0 aromatic heterocycles. The van der Waals surface area contributed by atoms with Gasteiger partial charge in [0.05, 0.1) is 6.04 Å². The molecule has 2 atom stereocenters. The monoisotopic (exact) mass is 411 g/mol. The van der Waals surface area contributed by atoms with Crippen LogP contribution in [0.15, 0.2) is 18.2 Å². The average Bonchev–Trinajstić information content (AvgIpc) is 2.52. The number of nitrogens with zero attached hydrogens (tertiary/aromatic N) is 2. The molecule has 1 saturated heterocycles. The topological polar surface area (TPSA) is 49.6 Å². The minimum atomic E-state index is -0.574. The molecule has 1 aromatic carbocycles. The molecule has 1 fully saturated rings. The van der Waals surface area contributed by atoms with E-state index in [1.54, 1.807) is 4.90 Å². The Balaban J connectivity index is 0.00000312. The zero-order valence-corrected chi connectivity index (χ0v) is 17.3. The second kappa shape index (κ2) is 9.83. The van der Waals surface area contributed by atoms with Crippen molar-refractivity contribution in [2.45, 2.75) is 39.8 Å². The lowest BCUT2D eigenvalue weighted by atomic mass is 9.86. The molecule has 0 radical (unpaired) electrons. The van der Waals surface area contributed by atoms with Crippen molar-refractivity contribution in [1.29, 1.82) is 0 Å². The van der Waals surface area contributed by atoms with E-state index in [-0.39, 0.29) is 42.2 Å². The van der Waals surface area contributed by atoms with Crippen LogP contribution in [0.3, 0.4) is 0 Å². The second-order valence-corrected chi connectivity index (χ2v) is 7.55. The van der Waals surface area contributed by atoms with Gasteiger partial charge in [-0.05, 0) is 18.4 Å². The van der Waals surface area contributed by atoms with Gasteiger partial charge in [0.2, 0.25) is 5.91 Å². The summed E-state index contributed by atoms with van der Waals surface area (Å²) in [4.78, 5) is 16.3. The van der Waals surface area contributed by atoms with E-state index in [0.717, 1.165) is 6.07 Å². The third-order valence-corrected chi connectivity index (χ3v) is 4.79. The highest BCUT2D eigenvalue weighted by molar-refractivity contribution is 5.85. The van der Waals surface area contributed by atoms with E-state index < -0.39 is 17.7 Å². The molecule has 1 aliphatic heterocycles. The van der Waals surface area contributed by atoms with E-state index in [1.165, 1.54) is 12.1 Å². The number of benzene rings is 1. The minimum absolute atomic E-state index is 0. The van der Waals surface area contributed by atoms with E-state index in [2.05, 4.69) is 4.90 Å². The molecule has 2 N–H and O–H groups in total. The van der Waals surface area contributed by atoms with Crippen molar-refractivity contribution in [3.05, 3.63) is 35.4 Å². The van der Waals surface area contributed by atoms with Gasteiger partial charge >= 0.3 is 0 Å². The fraction of sp³-hybridized carbons (Fsp3) is 0.611. The largest absolute Gasteiger partial charge is 0.339 e. The first-order valence-corrected chi connectivity index (χ1v) is 8.34. The van der Waals surface area contributed by atoms with Crippen LogP contribution in [0.2, 0.25) is 0 Å². The van der Waals surface area contributed by atoms with Crippen molar-refractivity contribution in [2.75, 3.05) is 26.2 Å². The van der Waals surface area contributed by atoms with Gasteiger partial charge in [-0.2, -0.15) is 0 Å². The second-order valence-electron chi connectivity index (χ2n) is 7.55. The van der Waals surface area contributed by atoms with Crippen LogP contribution in [-0.2, 0) is 4.79 Å². The average molecular weight is 412 g/mol. The predicted molar refractivity (Wildman–Crippen MR) is 105 cm³/mol. The normalized spacial score (nSPS) is 17.7. The van der Waals surface area contributed by atoms with Crippen molar-refractivity contribution in [1.82, 2.24) is 9.80 Å². The summed E-state index contributed by atoms with van der Waals surface area (Å²) in [6.07, 6.45) is 0. The van der Waals surface area contributed by atoms with Crippen molar-refractivity contribution < 1.29 is 13.6 Å². The maximum absolute atomic E-state index is 14.0. The molecule has 1 aromatic rings. The maximum atomic E-state index is 14.0. The summed E-state index contributed by atoms with van der Waals surface area (Å²) in [5.74, 6) is -1.14. The van der Waals surface area contributed by atoms with E-state index in [9.17, 15) is 13.6 Å². The standard InChI is InChI=1S/C18H27F2N3O.2ClH/c1-12(14-6-5-13(19)11-15(14)20)22-7-9-23(10-8-22)17(24)16(21)18(2,3)4;;/h5-6,11-12,16H,7-10,21H2,1-4H3;2*1H/t12?,16-;;/m1../s1. The summed E-state index contributed by atoms with van der Waals surface area (Å²) in [6, 6.07) is 2.98. The lowest BCUT2D eigenvalue weighted by Crippen LogP contribution is -2.56. The molecule has 1 heterocycles. The van der Waals surface area contributed by atoms with Crippen LogP contribution in [0.5, 0.6) is 0 Å². The van der Waals surface area contributed by atoms with Gasteiger partial charge in [-0.1, -0.05) is 26.8 Å². The maximum Gasteiger partial charge on any atom is 0.240 e. The van der Waals surface area contributed by atoms with Gasteiger partial charge in [-0.3, -0.25) is 9.69 Å². The third kappa shape index (κ3) is 5.78. The number of rotatable bonds is 3. The summed E-state index contributed by atoms with van der Waals surface area (Å²) in [7, 11) is 0. The van der Waals surface area contributed by atoms with E-state index >= 15 is 0 Å². The van der Waals surface area contributed by atoms with Crippen molar-refractivity contribution in [3.63, 3.8) is 0 Å². The molecular weight excluding hydrogens is 383 g/mol. The summed E-state index contributed by atoms with van der Waals surface area (Å²) < 4.78 is 27.0. The van der Waals surface area contributed by atoms with Gasteiger partial charge in [0.25, 0.3) is 0 Å². The molecule has 0 bridgehead atoms. The third-order valence-electron chi connectivity index (χ3n) is 4.79. The van der Waals surface area contributed by atoms with Gasteiger partial charge in [-0.25, -0.2) is 8.78 Å². The quantitative estimate of drug-likeness (QED) is 0.828. The Kier molecular flexibility index (Phi) is 9.47. The molecule has 8 heteroatoms. The number of hydrogen-bond donors (Lipinski definition) is 1. The van der Waals surface area contributed by atoms with Gasteiger partial charge < -0.3 is 10.6 Å². The summed E-state index contributed by atoms with van der Waals surface area (Å²) in [6.45, 7) is 10.2. The Bertz CT molecular complexity index is 603. The summed E-state index contributed by atoms with van der Waals surface area (Å²) >= 11 is 0. The van der Waals surface area contributed by atoms with E-state index in [1.807, 2.05) is 27.7 Å². The SMILES string of the molecule is CC(c1ccc(F)cc1F)N1CCN(C(=O)[C@@H](N)C(C)(C)C)CC1.Cl.Cl. The van der Waals surface area contributed by atoms with Crippen molar-refractivity contribution >= 4 is 30.7 Å². The first-order valence-electron chi connectivity index (χ1n) is 8.34. The van der Waals surface area contributed by atoms with Crippen LogP contribution in [0.4, 0.5) is 8.78 Å².